The third-order valence-electron chi connectivity index (χ3n) is 1.99. The lowest BCUT2D eigenvalue weighted by Crippen LogP contribution is -1.93. The summed E-state index contributed by atoms with van der Waals surface area (Å²) in [5.41, 5.74) is 0. The number of unbranched alkanes of at least 4 members (excludes halogenated alkanes) is 6. The lowest BCUT2D eigenvalue weighted by atomic mass is 10.3. The second kappa shape index (κ2) is 8.57. The van der Waals surface area contributed by atoms with E-state index in [1.807, 2.05) is 0 Å². The summed E-state index contributed by atoms with van der Waals surface area (Å²) in [4.78, 5) is 10.1. The molecule has 0 aromatic heterocycles. The van der Waals surface area contributed by atoms with E-state index in [1.54, 1.807) is 0 Å². The van der Waals surface area contributed by atoms with Crippen LogP contribution in [0.2, 0.25) is 0 Å². The average molecular weight is 178 g/mol. The first-order valence-corrected chi connectivity index (χ1v) is 4.99. The third kappa shape index (κ3) is 9.47. The summed E-state index contributed by atoms with van der Waals surface area (Å²) < 4.78 is 0. The lowest BCUT2D eigenvalue weighted by Gasteiger charge is -1.98. The standard InChI is InChI=1S/C10H20O2/c1-2-3-4-5-6-7-8-9-10(11)12/h2-9H2,1H3,(H,11,12)/i5+1,6+1,7+1,8+1,9+1,10+1. The molecule has 0 aromatic rings. The lowest BCUT2D eigenvalue weighted by molar-refractivity contribution is -0.137. The fourth-order valence-electron chi connectivity index (χ4n) is 1.23. The largest absolute Gasteiger partial charge is 0.481 e. The first-order chi connectivity index (χ1) is 5.77. The van der Waals surface area contributed by atoms with Crippen LogP contribution in [-0.4, -0.2) is 11.1 Å². The predicted molar refractivity (Wildman–Crippen MR) is 50.2 cm³/mol. The highest BCUT2D eigenvalue weighted by Gasteiger charge is 1.95. The zero-order valence-corrected chi connectivity index (χ0v) is 8.01. The van der Waals surface area contributed by atoms with Crippen LogP contribution in [-0.2, 0) is 4.79 Å². The van der Waals surface area contributed by atoms with E-state index in [1.165, 1.54) is 32.1 Å². The van der Waals surface area contributed by atoms with E-state index in [2.05, 4.69) is 6.92 Å². The van der Waals surface area contributed by atoms with Crippen molar-refractivity contribution in [3.05, 3.63) is 0 Å². The molecule has 0 spiro atoms. The molecule has 0 rings (SSSR count). The van der Waals surface area contributed by atoms with Gasteiger partial charge in [0.15, 0.2) is 0 Å². The van der Waals surface area contributed by atoms with Crippen molar-refractivity contribution in [1.29, 1.82) is 0 Å². The quantitative estimate of drug-likeness (QED) is 0.457. The van der Waals surface area contributed by atoms with Crippen molar-refractivity contribution in [2.24, 2.45) is 0 Å². The molecule has 0 aliphatic heterocycles. The number of carboxylic acid groups (broad SMARTS) is 1. The second-order valence-corrected chi connectivity index (χ2v) is 3.27. The normalized spacial score (nSPS) is 10.1. The minimum Gasteiger partial charge on any atom is -0.481 e. The number of carboxylic acids is 1. The fraction of sp³-hybridized carbons (Fsp3) is 0.900. The van der Waals surface area contributed by atoms with Gasteiger partial charge in [0.05, 0.1) is 0 Å². The molecule has 0 amide bonds. The Balaban J connectivity index is 2.86. The highest BCUT2D eigenvalue weighted by atomic mass is 16.5. The monoisotopic (exact) mass is 178 g/mol. The smallest absolute Gasteiger partial charge is 0.303 e. The van der Waals surface area contributed by atoms with E-state index in [0.29, 0.717) is 6.42 Å². The van der Waals surface area contributed by atoms with Crippen molar-refractivity contribution in [1.82, 2.24) is 0 Å². The number of hydrogen-bond acceptors (Lipinski definition) is 1. The number of carbonyl (C=O) groups is 1. The molecule has 0 saturated heterocycles. The Bertz CT molecular complexity index is 110. The Labute approximate surface area is 75.0 Å². The fourth-order valence-corrected chi connectivity index (χ4v) is 1.23. The number of rotatable bonds is 8. The van der Waals surface area contributed by atoms with Crippen molar-refractivity contribution in [2.45, 2.75) is 58.3 Å². The number of hydrogen-bond donors (Lipinski definition) is 1. The summed E-state index contributed by atoms with van der Waals surface area (Å²) >= 11 is 0. The molecule has 1 N–H and O–H groups in total. The van der Waals surface area contributed by atoms with E-state index in [0.717, 1.165) is 12.8 Å². The minimum atomic E-state index is -0.663. The molecule has 0 bridgehead atoms. The third-order valence-corrected chi connectivity index (χ3v) is 1.99. The van der Waals surface area contributed by atoms with Gasteiger partial charge in [-0.15, -0.1) is 0 Å². The van der Waals surface area contributed by atoms with Gasteiger partial charge in [-0.1, -0.05) is 45.4 Å². The molecule has 0 heterocycles. The van der Waals surface area contributed by atoms with E-state index >= 15 is 0 Å². The van der Waals surface area contributed by atoms with Gasteiger partial charge < -0.3 is 5.11 Å². The SMILES string of the molecule is CCCC[13CH2][13CH2][13CH2][13CH2][13CH2][13C](=O)O. The molecule has 0 radical (unpaired) electrons. The summed E-state index contributed by atoms with van der Waals surface area (Å²) in [5.74, 6) is -0.663. The predicted octanol–water partition coefficient (Wildman–Crippen LogP) is 3.21. The van der Waals surface area contributed by atoms with Crippen LogP contribution < -0.4 is 0 Å². The van der Waals surface area contributed by atoms with Crippen LogP contribution >= 0.6 is 0 Å². The van der Waals surface area contributed by atoms with Crippen molar-refractivity contribution in [3.63, 3.8) is 0 Å². The molecule has 2 heteroatoms. The van der Waals surface area contributed by atoms with E-state index in [4.69, 9.17) is 5.11 Å². The second-order valence-electron chi connectivity index (χ2n) is 3.27. The van der Waals surface area contributed by atoms with Crippen LogP contribution in [0.25, 0.3) is 0 Å². The Morgan fingerprint density at radius 2 is 1.50 bits per heavy atom. The van der Waals surface area contributed by atoms with Gasteiger partial charge in [0.1, 0.15) is 0 Å². The molecule has 0 unspecified atom stereocenters. The summed E-state index contributed by atoms with van der Waals surface area (Å²) in [5, 5.41) is 8.35. The maximum absolute atomic E-state index is 10.1. The van der Waals surface area contributed by atoms with E-state index < -0.39 is 5.97 Å². The van der Waals surface area contributed by atoms with Crippen LogP contribution in [0, 0.1) is 0 Å². The number of aliphatic carboxylic acids is 1. The average Bonchev–Trinajstić information content (AvgIpc) is 2.02. The molecule has 2 nitrogen and oxygen atoms in total. The van der Waals surface area contributed by atoms with Gasteiger partial charge in [-0.25, -0.2) is 0 Å². The minimum absolute atomic E-state index is 0.341. The Hall–Kier alpha value is -0.530. The molecule has 0 aromatic carbocycles. The maximum Gasteiger partial charge on any atom is 0.303 e. The van der Waals surface area contributed by atoms with Gasteiger partial charge in [-0.2, -0.15) is 0 Å². The van der Waals surface area contributed by atoms with E-state index in [9.17, 15) is 4.79 Å². The highest BCUT2D eigenvalue weighted by Crippen LogP contribution is 2.07. The summed E-state index contributed by atoms with van der Waals surface area (Å²) in [6.07, 6.45) is 8.64. The van der Waals surface area contributed by atoms with Crippen LogP contribution in [0.4, 0.5) is 0 Å². The highest BCUT2D eigenvalue weighted by molar-refractivity contribution is 5.66. The van der Waals surface area contributed by atoms with Gasteiger partial charge in [0.25, 0.3) is 0 Å². The van der Waals surface area contributed by atoms with Crippen LogP contribution in [0.15, 0.2) is 0 Å². The maximum atomic E-state index is 10.1. The molecule has 72 valence electrons. The molecular formula is C10H20O2. The van der Waals surface area contributed by atoms with Crippen molar-refractivity contribution >= 4 is 5.97 Å². The summed E-state index contributed by atoms with van der Waals surface area (Å²) in [6, 6.07) is 0. The van der Waals surface area contributed by atoms with Crippen LogP contribution in [0.1, 0.15) is 58.3 Å². The van der Waals surface area contributed by atoms with E-state index in [-0.39, 0.29) is 0 Å². The molecule has 0 aliphatic rings. The Morgan fingerprint density at radius 1 is 1.00 bits per heavy atom. The van der Waals surface area contributed by atoms with Gasteiger partial charge in [0.2, 0.25) is 0 Å². The zero-order chi connectivity index (χ0) is 9.23. The molecule has 0 fully saturated rings. The molecule has 0 saturated carbocycles. The Morgan fingerprint density at radius 3 is 2.00 bits per heavy atom. The molecule has 0 aliphatic carbocycles. The molecule has 0 atom stereocenters. The first-order valence-electron chi connectivity index (χ1n) is 4.99. The van der Waals surface area contributed by atoms with Gasteiger partial charge in [-0.05, 0) is 6.42 Å². The summed E-state index contributed by atoms with van der Waals surface area (Å²) in [6.45, 7) is 2.20. The van der Waals surface area contributed by atoms with Gasteiger partial charge >= 0.3 is 5.97 Å². The van der Waals surface area contributed by atoms with Crippen molar-refractivity contribution < 1.29 is 9.90 Å². The van der Waals surface area contributed by atoms with Crippen LogP contribution in [0.3, 0.4) is 0 Å². The van der Waals surface area contributed by atoms with Gasteiger partial charge in [0, 0.05) is 6.42 Å². The first kappa shape index (κ1) is 11.5. The van der Waals surface area contributed by atoms with Crippen molar-refractivity contribution in [3.8, 4) is 0 Å². The van der Waals surface area contributed by atoms with Crippen molar-refractivity contribution in [2.75, 3.05) is 0 Å². The van der Waals surface area contributed by atoms with Crippen LogP contribution in [0.5, 0.6) is 0 Å². The summed E-state index contributed by atoms with van der Waals surface area (Å²) in [7, 11) is 0. The van der Waals surface area contributed by atoms with Gasteiger partial charge in [-0.3, -0.25) is 4.79 Å². The topological polar surface area (TPSA) is 37.3 Å². The zero-order valence-electron chi connectivity index (χ0n) is 8.01. The molecular weight excluding hydrogens is 158 g/mol. The Kier molecular flexibility index (Phi) is 8.19. The molecule has 12 heavy (non-hydrogen) atoms.